The summed E-state index contributed by atoms with van der Waals surface area (Å²) in [6.07, 6.45) is 7.10. The average Bonchev–Trinajstić information content (AvgIpc) is 3.25. The first kappa shape index (κ1) is 13.1. The van der Waals surface area contributed by atoms with Crippen LogP contribution >= 0.6 is 0 Å². The zero-order valence-corrected chi connectivity index (χ0v) is 12.7. The highest BCUT2D eigenvalue weighted by molar-refractivity contribution is 5.69. The molecule has 1 unspecified atom stereocenters. The highest BCUT2D eigenvalue weighted by Crippen LogP contribution is 2.48. The van der Waals surface area contributed by atoms with E-state index >= 15 is 0 Å². The minimum atomic E-state index is -0.508. The third kappa shape index (κ3) is 1.77. The highest BCUT2D eigenvalue weighted by atomic mass is 16.3. The summed E-state index contributed by atoms with van der Waals surface area (Å²) in [4.78, 5) is 4.33. The summed E-state index contributed by atoms with van der Waals surface area (Å²) < 4.78 is 4.17. The van der Waals surface area contributed by atoms with Crippen molar-refractivity contribution in [2.24, 2.45) is 5.92 Å². The molecule has 23 heavy (non-hydrogen) atoms. The second-order valence-corrected chi connectivity index (χ2v) is 6.45. The third-order valence-electron chi connectivity index (χ3n) is 5.29. The number of imidazole rings is 1. The zero-order valence-electron chi connectivity index (χ0n) is 12.7. The summed E-state index contributed by atoms with van der Waals surface area (Å²) in [5.74, 6) is 0.129. The predicted molar refractivity (Wildman–Crippen MR) is 85.7 cm³/mol. The van der Waals surface area contributed by atoms with Crippen LogP contribution in [-0.4, -0.2) is 24.4 Å². The summed E-state index contributed by atoms with van der Waals surface area (Å²) in [7, 11) is 0. The molecule has 0 aliphatic carbocycles. The van der Waals surface area contributed by atoms with Gasteiger partial charge in [-0.2, -0.15) is 5.10 Å². The van der Waals surface area contributed by atoms with Crippen molar-refractivity contribution in [1.82, 2.24) is 19.3 Å². The lowest BCUT2D eigenvalue weighted by molar-refractivity contribution is 0.0799. The number of fused-ring (bicyclic) bond motifs is 4. The molecule has 0 fully saturated rings. The summed E-state index contributed by atoms with van der Waals surface area (Å²) in [6, 6.07) is 10.6. The SMILES string of the molecule is O[C@@H]1c2ccnn2CCC[C@@H]1C1c2ccccc2-c2cncn21. The number of aryl methyl sites for hydroxylation is 1. The van der Waals surface area contributed by atoms with Crippen LogP contribution in [-0.2, 0) is 6.54 Å². The fraction of sp³-hybridized carbons (Fsp3) is 0.333. The Kier molecular flexibility index (Phi) is 2.73. The largest absolute Gasteiger partial charge is 0.386 e. The molecule has 4 heterocycles. The molecule has 3 aromatic rings. The Labute approximate surface area is 134 Å². The van der Waals surface area contributed by atoms with E-state index in [1.807, 2.05) is 23.3 Å². The fourth-order valence-corrected chi connectivity index (χ4v) is 4.28. The van der Waals surface area contributed by atoms with Gasteiger partial charge in [-0.25, -0.2) is 4.98 Å². The van der Waals surface area contributed by atoms with Gasteiger partial charge < -0.3 is 9.67 Å². The van der Waals surface area contributed by atoms with Crippen LogP contribution in [0.15, 0.2) is 49.1 Å². The van der Waals surface area contributed by atoms with E-state index in [4.69, 9.17) is 0 Å². The first-order chi connectivity index (χ1) is 11.3. The number of nitrogens with zero attached hydrogens (tertiary/aromatic N) is 4. The molecule has 1 N–H and O–H groups in total. The Hall–Kier alpha value is -2.40. The van der Waals surface area contributed by atoms with Gasteiger partial charge in [0.1, 0.15) is 6.10 Å². The van der Waals surface area contributed by atoms with E-state index in [-0.39, 0.29) is 12.0 Å². The van der Waals surface area contributed by atoms with E-state index in [1.165, 1.54) is 11.1 Å². The number of aliphatic hydroxyl groups excluding tert-OH is 1. The minimum Gasteiger partial charge on any atom is -0.386 e. The van der Waals surface area contributed by atoms with E-state index in [0.29, 0.717) is 0 Å². The van der Waals surface area contributed by atoms with Gasteiger partial charge in [-0.05, 0) is 24.5 Å². The van der Waals surface area contributed by atoms with Gasteiger partial charge in [0.2, 0.25) is 0 Å². The molecule has 116 valence electrons. The van der Waals surface area contributed by atoms with Gasteiger partial charge in [0.25, 0.3) is 0 Å². The monoisotopic (exact) mass is 306 g/mol. The van der Waals surface area contributed by atoms with Crippen molar-refractivity contribution in [3.05, 3.63) is 60.3 Å². The number of rotatable bonds is 1. The van der Waals surface area contributed by atoms with Crippen LogP contribution < -0.4 is 0 Å². The lowest BCUT2D eigenvalue weighted by Crippen LogP contribution is -2.23. The molecule has 0 saturated heterocycles. The quantitative estimate of drug-likeness (QED) is 0.752. The van der Waals surface area contributed by atoms with Gasteiger partial charge in [-0.3, -0.25) is 4.68 Å². The van der Waals surface area contributed by atoms with Crippen molar-refractivity contribution in [3.63, 3.8) is 0 Å². The van der Waals surface area contributed by atoms with Crippen LogP contribution in [0.1, 0.15) is 36.2 Å². The summed E-state index contributed by atoms with van der Waals surface area (Å²) in [5.41, 5.74) is 4.61. The van der Waals surface area contributed by atoms with Crippen molar-refractivity contribution in [3.8, 4) is 11.3 Å². The van der Waals surface area contributed by atoms with Crippen LogP contribution in [0.25, 0.3) is 11.3 Å². The number of hydrogen-bond donors (Lipinski definition) is 1. The van der Waals surface area contributed by atoms with Crippen molar-refractivity contribution >= 4 is 0 Å². The molecule has 0 bridgehead atoms. The van der Waals surface area contributed by atoms with Gasteiger partial charge in [-0.1, -0.05) is 24.3 Å². The Morgan fingerprint density at radius 3 is 3.04 bits per heavy atom. The maximum Gasteiger partial charge on any atom is 0.101 e. The maximum absolute atomic E-state index is 11.0. The second kappa shape index (κ2) is 4.80. The fourth-order valence-electron chi connectivity index (χ4n) is 4.28. The smallest absolute Gasteiger partial charge is 0.101 e. The number of benzene rings is 1. The van der Waals surface area contributed by atoms with E-state index in [2.05, 4.69) is 38.9 Å². The third-order valence-corrected chi connectivity index (χ3v) is 5.29. The second-order valence-electron chi connectivity index (χ2n) is 6.45. The van der Waals surface area contributed by atoms with Gasteiger partial charge in [0.05, 0.1) is 30.0 Å². The molecule has 5 rings (SSSR count). The lowest BCUT2D eigenvalue weighted by atomic mass is 9.84. The van der Waals surface area contributed by atoms with Crippen LogP contribution in [0.3, 0.4) is 0 Å². The first-order valence-corrected chi connectivity index (χ1v) is 8.15. The Morgan fingerprint density at radius 2 is 2.09 bits per heavy atom. The molecule has 0 amide bonds. The van der Waals surface area contributed by atoms with E-state index in [1.54, 1.807) is 6.20 Å². The van der Waals surface area contributed by atoms with Gasteiger partial charge in [0.15, 0.2) is 0 Å². The number of aliphatic hydroxyl groups is 1. The molecular formula is C18H18N4O. The standard InChI is InChI=1S/C18H18N4O/c23-18-14(6-3-9-22-15(18)7-8-20-22)17-13-5-2-1-4-12(13)16-10-19-11-21(16)17/h1-2,4-5,7-8,10-11,14,17-18,23H,3,6,9H2/t14-,17?,18+/m1/s1. The molecule has 0 saturated carbocycles. The van der Waals surface area contributed by atoms with E-state index in [9.17, 15) is 5.11 Å². The molecule has 0 radical (unpaired) electrons. The summed E-state index contributed by atoms with van der Waals surface area (Å²) in [6.45, 7) is 0.876. The molecular weight excluding hydrogens is 288 g/mol. The van der Waals surface area contributed by atoms with Crippen molar-refractivity contribution in [1.29, 1.82) is 0 Å². The molecule has 5 heteroatoms. The first-order valence-electron chi connectivity index (χ1n) is 8.15. The average molecular weight is 306 g/mol. The molecule has 2 aliphatic heterocycles. The Balaban J connectivity index is 1.65. The van der Waals surface area contributed by atoms with Crippen LogP contribution in [0.5, 0.6) is 0 Å². The van der Waals surface area contributed by atoms with Crippen molar-refractivity contribution in [2.75, 3.05) is 0 Å². The summed E-state index contributed by atoms with van der Waals surface area (Å²) in [5, 5.41) is 15.4. The van der Waals surface area contributed by atoms with Gasteiger partial charge >= 0.3 is 0 Å². The number of hydrogen-bond acceptors (Lipinski definition) is 3. The maximum atomic E-state index is 11.0. The van der Waals surface area contributed by atoms with Gasteiger partial charge in [0, 0.05) is 24.2 Å². The topological polar surface area (TPSA) is 55.9 Å². The van der Waals surface area contributed by atoms with E-state index in [0.717, 1.165) is 30.8 Å². The predicted octanol–water partition coefficient (Wildman–Crippen LogP) is 2.79. The van der Waals surface area contributed by atoms with Crippen molar-refractivity contribution < 1.29 is 5.11 Å². The highest BCUT2D eigenvalue weighted by Gasteiger charge is 2.39. The normalized spacial score (nSPS) is 25.5. The van der Waals surface area contributed by atoms with E-state index < -0.39 is 6.10 Å². The van der Waals surface area contributed by atoms with Crippen LogP contribution in [0.4, 0.5) is 0 Å². The minimum absolute atomic E-state index is 0.129. The van der Waals surface area contributed by atoms with Gasteiger partial charge in [-0.15, -0.1) is 0 Å². The molecule has 3 atom stereocenters. The molecule has 0 spiro atoms. The summed E-state index contributed by atoms with van der Waals surface area (Å²) >= 11 is 0. The zero-order chi connectivity index (χ0) is 15.4. The molecule has 1 aromatic carbocycles. The lowest BCUT2D eigenvalue weighted by Gasteiger charge is -2.28. The number of aromatic nitrogens is 4. The molecule has 5 nitrogen and oxygen atoms in total. The van der Waals surface area contributed by atoms with Crippen LogP contribution in [0.2, 0.25) is 0 Å². The van der Waals surface area contributed by atoms with Crippen LogP contribution in [0, 0.1) is 5.92 Å². The van der Waals surface area contributed by atoms with Crippen molar-refractivity contribution in [2.45, 2.75) is 31.5 Å². The Bertz CT molecular complexity index is 865. The molecule has 2 aromatic heterocycles. The Morgan fingerprint density at radius 1 is 1.17 bits per heavy atom. The molecule has 2 aliphatic rings.